The molecule has 0 aliphatic heterocycles. The molecule has 0 saturated carbocycles. The number of hydrogen-bond acceptors (Lipinski definition) is 2. The molecule has 0 radical (unpaired) electrons. The largest absolute Gasteiger partial charge is 0.322 e. The lowest BCUT2D eigenvalue weighted by molar-refractivity contribution is 0.142. The lowest BCUT2D eigenvalue weighted by Gasteiger charge is -2.39. The molecule has 0 saturated heterocycles. The van der Waals surface area contributed by atoms with Crippen molar-refractivity contribution in [2.45, 2.75) is 38.3 Å². The van der Waals surface area contributed by atoms with Crippen molar-refractivity contribution in [2.75, 3.05) is 13.6 Å². The summed E-state index contributed by atoms with van der Waals surface area (Å²) in [5.74, 6) is 0. The van der Waals surface area contributed by atoms with Crippen LogP contribution in [0.1, 0.15) is 27.2 Å². The summed E-state index contributed by atoms with van der Waals surface area (Å²) in [6.07, 6.45) is 4.61. The van der Waals surface area contributed by atoms with Gasteiger partial charge in [-0.05, 0) is 34.2 Å². The molecule has 0 aliphatic rings. The summed E-state index contributed by atoms with van der Waals surface area (Å²) in [4.78, 5) is 2.24. The van der Waals surface area contributed by atoms with Crippen LogP contribution < -0.4 is 5.73 Å². The molecular weight excluding hydrogens is 172 g/mol. The molecule has 82 valence electrons. The molecule has 2 heteroatoms. The Labute approximate surface area is 88.5 Å². The summed E-state index contributed by atoms with van der Waals surface area (Å²) >= 11 is 0. The van der Waals surface area contributed by atoms with E-state index in [1.165, 1.54) is 0 Å². The molecule has 0 spiro atoms. The van der Waals surface area contributed by atoms with Crippen molar-refractivity contribution in [3.8, 4) is 0 Å². The highest BCUT2D eigenvalue weighted by molar-refractivity contribution is 5.02. The fourth-order valence-corrected chi connectivity index (χ4v) is 1.58. The van der Waals surface area contributed by atoms with Gasteiger partial charge in [-0.25, -0.2) is 0 Å². The van der Waals surface area contributed by atoms with Gasteiger partial charge < -0.3 is 5.73 Å². The second kappa shape index (κ2) is 4.76. The zero-order valence-electron chi connectivity index (χ0n) is 10.0. The predicted octanol–water partition coefficient (Wildman–Crippen LogP) is 2.18. The number of likely N-dealkylation sites (N-methyl/N-ethyl adjacent to an activating group) is 1. The van der Waals surface area contributed by atoms with Gasteiger partial charge in [-0.3, -0.25) is 4.90 Å². The first-order valence-electron chi connectivity index (χ1n) is 5.00. The van der Waals surface area contributed by atoms with Gasteiger partial charge in [0.05, 0.1) is 0 Å². The van der Waals surface area contributed by atoms with Crippen LogP contribution in [0.3, 0.4) is 0 Å². The topological polar surface area (TPSA) is 29.3 Å². The van der Waals surface area contributed by atoms with E-state index < -0.39 is 0 Å². The summed E-state index contributed by atoms with van der Waals surface area (Å²) in [6.45, 7) is 14.7. The molecule has 0 rings (SSSR count). The van der Waals surface area contributed by atoms with Crippen LogP contribution >= 0.6 is 0 Å². The SMILES string of the molecule is C=CCN(C)C(C)(C)CC(C)(N)C=C. The number of nitrogens with two attached hydrogens (primary N) is 1. The highest BCUT2D eigenvalue weighted by Gasteiger charge is 2.29. The highest BCUT2D eigenvalue weighted by atomic mass is 15.2. The normalized spacial score (nSPS) is 16.4. The lowest BCUT2D eigenvalue weighted by Crippen LogP contribution is -2.49. The van der Waals surface area contributed by atoms with E-state index in [-0.39, 0.29) is 11.1 Å². The zero-order chi connectivity index (χ0) is 11.4. The van der Waals surface area contributed by atoms with Crippen LogP contribution in [0.25, 0.3) is 0 Å². The van der Waals surface area contributed by atoms with Gasteiger partial charge in [0.2, 0.25) is 0 Å². The highest BCUT2D eigenvalue weighted by Crippen LogP contribution is 2.24. The summed E-state index contributed by atoms with van der Waals surface area (Å²) in [5, 5.41) is 0. The second-order valence-electron chi connectivity index (χ2n) is 4.87. The molecule has 0 aromatic heterocycles. The average Bonchev–Trinajstić information content (AvgIpc) is 2.03. The molecule has 14 heavy (non-hydrogen) atoms. The minimum atomic E-state index is -0.307. The Morgan fingerprint density at radius 2 is 1.79 bits per heavy atom. The fourth-order valence-electron chi connectivity index (χ4n) is 1.58. The third kappa shape index (κ3) is 4.07. The van der Waals surface area contributed by atoms with Crippen molar-refractivity contribution in [1.29, 1.82) is 0 Å². The minimum Gasteiger partial charge on any atom is -0.322 e. The fraction of sp³-hybridized carbons (Fsp3) is 0.667. The maximum atomic E-state index is 6.07. The molecule has 0 amide bonds. The molecule has 0 fully saturated rings. The molecule has 0 aromatic rings. The van der Waals surface area contributed by atoms with E-state index in [0.29, 0.717) is 0 Å². The van der Waals surface area contributed by atoms with Crippen molar-refractivity contribution < 1.29 is 0 Å². The van der Waals surface area contributed by atoms with Gasteiger partial charge >= 0.3 is 0 Å². The van der Waals surface area contributed by atoms with Crippen molar-refractivity contribution in [2.24, 2.45) is 5.73 Å². The second-order valence-corrected chi connectivity index (χ2v) is 4.87. The van der Waals surface area contributed by atoms with Crippen molar-refractivity contribution in [3.05, 3.63) is 25.3 Å². The maximum absolute atomic E-state index is 6.07. The average molecular weight is 196 g/mol. The third-order valence-electron chi connectivity index (χ3n) is 2.72. The van der Waals surface area contributed by atoms with Crippen LogP contribution in [0.5, 0.6) is 0 Å². The van der Waals surface area contributed by atoms with E-state index in [0.717, 1.165) is 13.0 Å². The Morgan fingerprint density at radius 1 is 1.29 bits per heavy atom. The summed E-state index contributed by atoms with van der Waals surface area (Å²) < 4.78 is 0. The zero-order valence-corrected chi connectivity index (χ0v) is 10.0. The Morgan fingerprint density at radius 3 is 2.14 bits per heavy atom. The molecule has 0 aliphatic carbocycles. The van der Waals surface area contributed by atoms with Crippen LogP contribution in [-0.4, -0.2) is 29.6 Å². The van der Waals surface area contributed by atoms with Gasteiger partial charge in [-0.15, -0.1) is 13.2 Å². The minimum absolute atomic E-state index is 0.0614. The first-order chi connectivity index (χ1) is 6.25. The number of rotatable bonds is 6. The summed E-state index contributed by atoms with van der Waals surface area (Å²) in [5.41, 5.74) is 5.82. The van der Waals surface area contributed by atoms with Crippen molar-refractivity contribution >= 4 is 0 Å². The standard InChI is InChI=1S/C12H24N2/c1-7-9-14(6)11(3,4)10-12(5,13)8-2/h7-8H,1-2,9-10,13H2,3-6H3. The van der Waals surface area contributed by atoms with Crippen LogP contribution in [0.15, 0.2) is 25.3 Å². The Kier molecular flexibility index (Phi) is 4.56. The Hall–Kier alpha value is -0.600. The molecule has 0 aromatic carbocycles. The van der Waals surface area contributed by atoms with E-state index in [1.807, 2.05) is 19.1 Å². The van der Waals surface area contributed by atoms with E-state index in [2.05, 4.69) is 39.0 Å². The van der Waals surface area contributed by atoms with Crippen molar-refractivity contribution in [1.82, 2.24) is 4.90 Å². The van der Waals surface area contributed by atoms with Gasteiger partial charge in [-0.2, -0.15) is 0 Å². The molecule has 2 N–H and O–H groups in total. The molecule has 0 heterocycles. The first kappa shape index (κ1) is 13.4. The molecule has 1 atom stereocenters. The van der Waals surface area contributed by atoms with E-state index in [1.54, 1.807) is 0 Å². The maximum Gasteiger partial charge on any atom is 0.0325 e. The summed E-state index contributed by atoms with van der Waals surface area (Å²) in [7, 11) is 2.08. The van der Waals surface area contributed by atoms with Gasteiger partial charge in [0.1, 0.15) is 0 Å². The smallest absolute Gasteiger partial charge is 0.0325 e. The Bertz CT molecular complexity index is 204. The van der Waals surface area contributed by atoms with Gasteiger partial charge in [0.15, 0.2) is 0 Å². The number of nitrogens with zero attached hydrogens (tertiary/aromatic N) is 1. The van der Waals surface area contributed by atoms with Gasteiger partial charge in [0.25, 0.3) is 0 Å². The lowest BCUT2D eigenvalue weighted by atomic mass is 9.85. The number of hydrogen-bond donors (Lipinski definition) is 1. The molecule has 0 bridgehead atoms. The van der Waals surface area contributed by atoms with E-state index in [9.17, 15) is 0 Å². The van der Waals surface area contributed by atoms with E-state index in [4.69, 9.17) is 5.73 Å². The quantitative estimate of drug-likeness (QED) is 0.660. The molecular formula is C12H24N2. The molecule has 2 nitrogen and oxygen atoms in total. The first-order valence-corrected chi connectivity index (χ1v) is 5.00. The van der Waals surface area contributed by atoms with Crippen LogP contribution in [-0.2, 0) is 0 Å². The van der Waals surface area contributed by atoms with Crippen LogP contribution in [0, 0.1) is 0 Å². The predicted molar refractivity (Wildman–Crippen MR) is 64.3 cm³/mol. The monoisotopic (exact) mass is 196 g/mol. The van der Waals surface area contributed by atoms with Crippen LogP contribution in [0.2, 0.25) is 0 Å². The Balaban J connectivity index is 4.46. The van der Waals surface area contributed by atoms with Crippen LogP contribution in [0.4, 0.5) is 0 Å². The molecule has 1 unspecified atom stereocenters. The van der Waals surface area contributed by atoms with E-state index >= 15 is 0 Å². The summed E-state index contributed by atoms with van der Waals surface area (Å²) in [6, 6.07) is 0. The van der Waals surface area contributed by atoms with Gasteiger partial charge in [-0.1, -0.05) is 12.2 Å². The third-order valence-corrected chi connectivity index (χ3v) is 2.72. The van der Waals surface area contributed by atoms with Crippen molar-refractivity contribution in [3.63, 3.8) is 0 Å². The van der Waals surface area contributed by atoms with Gasteiger partial charge in [0, 0.05) is 17.6 Å².